The molecule has 4 heteroatoms. The molecule has 110 valence electrons. The normalized spacial score (nSPS) is 30.1. The molecule has 20 heavy (non-hydrogen) atoms. The molecule has 0 amide bonds. The molecule has 1 saturated heterocycles. The maximum absolute atomic E-state index is 10.9. The fourth-order valence-electron chi connectivity index (χ4n) is 3.41. The lowest BCUT2D eigenvalue weighted by molar-refractivity contribution is -0.0356. The van der Waals surface area contributed by atoms with E-state index in [2.05, 4.69) is 18.9 Å². The van der Waals surface area contributed by atoms with Gasteiger partial charge in [-0.2, -0.15) is 0 Å². The lowest BCUT2D eigenvalue weighted by atomic mass is 9.82. The molecule has 1 fully saturated rings. The van der Waals surface area contributed by atoms with Crippen LogP contribution in [0.5, 0.6) is 5.75 Å². The Hall–Kier alpha value is -0.770. The Morgan fingerprint density at radius 2 is 2.30 bits per heavy atom. The highest BCUT2D eigenvalue weighted by molar-refractivity contribution is 6.30. The van der Waals surface area contributed by atoms with Crippen molar-refractivity contribution in [2.75, 3.05) is 20.2 Å². The molecule has 2 aliphatic heterocycles. The second kappa shape index (κ2) is 5.21. The van der Waals surface area contributed by atoms with Crippen LogP contribution in [0.15, 0.2) is 12.1 Å². The van der Waals surface area contributed by atoms with Gasteiger partial charge in [-0.1, -0.05) is 11.6 Å². The molecule has 3 rings (SSSR count). The van der Waals surface area contributed by atoms with Gasteiger partial charge in [0.25, 0.3) is 0 Å². The van der Waals surface area contributed by atoms with Crippen molar-refractivity contribution in [1.82, 2.24) is 4.90 Å². The zero-order valence-electron chi connectivity index (χ0n) is 12.2. The molecular formula is C16H22ClNO2. The van der Waals surface area contributed by atoms with E-state index in [0.717, 1.165) is 48.7 Å². The van der Waals surface area contributed by atoms with Crippen LogP contribution in [0.1, 0.15) is 30.9 Å². The largest absolute Gasteiger partial charge is 0.493 e. The van der Waals surface area contributed by atoms with E-state index in [-0.39, 0.29) is 0 Å². The Labute approximate surface area is 125 Å². The molecule has 1 N–H and O–H groups in total. The van der Waals surface area contributed by atoms with Crippen molar-refractivity contribution in [1.29, 1.82) is 0 Å². The minimum absolute atomic E-state index is 0.405. The number of piperidine rings is 1. The van der Waals surface area contributed by atoms with Crippen LogP contribution in [0.2, 0.25) is 5.02 Å². The number of nitrogens with zero attached hydrogens (tertiary/aromatic N) is 1. The summed E-state index contributed by atoms with van der Waals surface area (Å²) in [4.78, 5) is 2.30. The van der Waals surface area contributed by atoms with E-state index in [1.165, 1.54) is 5.56 Å². The molecule has 2 heterocycles. The summed E-state index contributed by atoms with van der Waals surface area (Å²) in [5, 5.41) is 11.7. The molecule has 1 aromatic carbocycles. The van der Waals surface area contributed by atoms with Gasteiger partial charge in [-0.05, 0) is 50.1 Å². The molecule has 0 aliphatic carbocycles. The lowest BCUT2D eigenvalue weighted by Crippen LogP contribution is -2.48. The number of benzene rings is 1. The van der Waals surface area contributed by atoms with Crippen molar-refractivity contribution >= 4 is 11.6 Å². The van der Waals surface area contributed by atoms with E-state index in [1.54, 1.807) is 0 Å². The first-order chi connectivity index (χ1) is 9.47. The molecule has 2 aliphatic rings. The Morgan fingerprint density at radius 1 is 1.50 bits per heavy atom. The van der Waals surface area contributed by atoms with Crippen LogP contribution in [0, 0.1) is 0 Å². The van der Waals surface area contributed by atoms with Crippen molar-refractivity contribution in [3.05, 3.63) is 28.3 Å². The summed E-state index contributed by atoms with van der Waals surface area (Å²) in [6.45, 7) is 3.82. The van der Waals surface area contributed by atoms with Gasteiger partial charge in [0.05, 0.1) is 12.2 Å². The molecule has 0 saturated carbocycles. The third-order valence-electron chi connectivity index (χ3n) is 4.70. The quantitative estimate of drug-likeness (QED) is 0.910. The van der Waals surface area contributed by atoms with Crippen molar-refractivity contribution in [2.45, 2.75) is 44.2 Å². The van der Waals surface area contributed by atoms with E-state index in [4.69, 9.17) is 16.3 Å². The van der Waals surface area contributed by atoms with Gasteiger partial charge in [0.1, 0.15) is 5.75 Å². The van der Waals surface area contributed by atoms with Crippen molar-refractivity contribution in [2.24, 2.45) is 0 Å². The number of likely N-dealkylation sites (tertiary alicyclic amines) is 1. The number of fused-ring (bicyclic) bond motifs is 1. The maximum atomic E-state index is 10.9. The van der Waals surface area contributed by atoms with Gasteiger partial charge in [0, 0.05) is 30.5 Å². The zero-order valence-corrected chi connectivity index (χ0v) is 12.9. The van der Waals surface area contributed by atoms with E-state index < -0.39 is 5.60 Å². The molecule has 3 nitrogen and oxygen atoms in total. The summed E-state index contributed by atoms with van der Waals surface area (Å²) in [5.41, 5.74) is 1.59. The molecule has 0 radical (unpaired) electrons. The maximum Gasteiger partial charge on any atom is 0.126 e. The van der Waals surface area contributed by atoms with Crippen LogP contribution in [0.4, 0.5) is 0 Å². The minimum Gasteiger partial charge on any atom is -0.493 e. The Bertz CT molecular complexity index is 519. The average molecular weight is 296 g/mol. The van der Waals surface area contributed by atoms with Gasteiger partial charge in [-0.25, -0.2) is 0 Å². The Balaban J connectivity index is 1.84. The van der Waals surface area contributed by atoms with Crippen molar-refractivity contribution in [3.63, 3.8) is 0 Å². The molecule has 0 aromatic heterocycles. The first kappa shape index (κ1) is 14.2. The highest BCUT2D eigenvalue weighted by Gasteiger charge is 2.36. The summed E-state index contributed by atoms with van der Waals surface area (Å²) >= 11 is 6.20. The summed E-state index contributed by atoms with van der Waals surface area (Å²) < 4.78 is 5.74. The third-order valence-corrected chi connectivity index (χ3v) is 4.92. The van der Waals surface area contributed by atoms with Gasteiger partial charge < -0.3 is 14.7 Å². The predicted octanol–water partition coefficient (Wildman–Crippen LogP) is 2.66. The summed E-state index contributed by atoms with van der Waals surface area (Å²) in [6.07, 6.45) is 3.15. The van der Waals surface area contributed by atoms with Gasteiger partial charge in [0.15, 0.2) is 0 Å². The third kappa shape index (κ3) is 2.67. The molecular weight excluding hydrogens is 274 g/mol. The first-order valence-electron chi connectivity index (χ1n) is 7.34. The smallest absolute Gasteiger partial charge is 0.126 e. The number of hydrogen-bond donors (Lipinski definition) is 1. The van der Waals surface area contributed by atoms with Crippen LogP contribution < -0.4 is 4.74 Å². The zero-order chi connectivity index (χ0) is 14.3. The van der Waals surface area contributed by atoms with Gasteiger partial charge in [-0.15, -0.1) is 0 Å². The highest BCUT2D eigenvalue weighted by atomic mass is 35.5. The first-order valence-corrected chi connectivity index (χ1v) is 7.71. The topological polar surface area (TPSA) is 32.7 Å². The SMILES string of the molecule is CC1CC(O)(Cc2cc(Cl)cc3c2OCC3)CCN1C. The number of hydrogen-bond acceptors (Lipinski definition) is 3. The van der Waals surface area contributed by atoms with Crippen molar-refractivity contribution in [3.8, 4) is 5.75 Å². The van der Waals surface area contributed by atoms with Crippen LogP contribution in [0.25, 0.3) is 0 Å². The predicted molar refractivity (Wildman–Crippen MR) is 80.6 cm³/mol. The second-order valence-corrected chi connectivity index (χ2v) is 6.77. The molecule has 0 spiro atoms. The summed E-state index contributed by atoms with van der Waals surface area (Å²) in [5.74, 6) is 0.953. The Morgan fingerprint density at radius 3 is 3.05 bits per heavy atom. The lowest BCUT2D eigenvalue weighted by Gasteiger charge is -2.41. The van der Waals surface area contributed by atoms with Crippen molar-refractivity contribution < 1.29 is 9.84 Å². The number of halogens is 1. The van der Waals surface area contributed by atoms with E-state index in [0.29, 0.717) is 12.5 Å². The minimum atomic E-state index is -0.643. The average Bonchev–Trinajstić information content (AvgIpc) is 2.82. The van der Waals surface area contributed by atoms with Gasteiger partial charge in [-0.3, -0.25) is 0 Å². The highest BCUT2D eigenvalue weighted by Crippen LogP contribution is 2.37. The van der Waals surface area contributed by atoms with Crippen LogP contribution >= 0.6 is 11.6 Å². The molecule has 0 bridgehead atoms. The fourth-order valence-corrected chi connectivity index (χ4v) is 3.67. The van der Waals surface area contributed by atoms with Gasteiger partial charge in [0.2, 0.25) is 0 Å². The van der Waals surface area contributed by atoms with E-state index in [9.17, 15) is 5.11 Å². The summed E-state index contributed by atoms with van der Waals surface area (Å²) in [6, 6.07) is 4.34. The van der Waals surface area contributed by atoms with E-state index >= 15 is 0 Å². The number of rotatable bonds is 2. The standard InChI is InChI=1S/C16H22ClNO2/c1-11-9-16(19,4-5-18(11)2)10-13-8-14(17)7-12-3-6-20-15(12)13/h7-8,11,19H,3-6,9-10H2,1-2H3. The van der Waals surface area contributed by atoms with Gasteiger partial charge >= 0.3 is 0 Å². The van der Waals surface area contributed by atoms with E-state index in [1.807, 2.05) is 12.1 Å². The number of aliphatic hydroxyl groups is 1. The van der Waals surface area contributed by atoms with Crippen LogP contribution in [-0.2, 0) is 12.8 Å². The second-order valence-electron chi connectivity index (χ2n) is 6.34. The monoisotopic (exact) mass is 295 g/mol. The summed E-state index contributed by atoms with van der Waals surface area (Å²) in [7, 11) is 2.12. The molecule has 2 unspecified atom stereocenters. The van der Waals surface area contributed by atoms with Crippen LogP contribution in [0.3, 0.4) is 0 Å². The Kier molecular flexibility index (Phi) is 3.69. The molecule has 1 aromatic rings. The fraction of sp³-hybridized carbons (Fsp3) is 0.625. The molecule has 2 atom stereocenters. The number of ether oxygens (including phenoxy) is 1. The van der Waals surface area contributed by atoms with Crippen LogP contribution in [-0.4, -0.2) is 41.8 Å².